The zero-order valence-electron chi connectivity index (χ0n) is 53.4. The van der Waals surface area contributed by atoms with Gasteiger partial charge in [0.1, 0.15) is 6.61 Å². The van der Waals surface area contributed by atoms with Gasteiger partial charge in [-0.05, 0) is 109 Å². The van der Waals surface area contributed by atoms with Crippen LogP contribution in [0.4, 0.5) is 0 Å². The van der Waals surface area contributed by atoms with Crippen molar-refractivity contribution in [1.29, 1.82) is 0 Å². The fourth-order valence-corrected chi connectivity index (χ4v) is 10.1. The molecule has 10 heteroatoms. The number of hydrogen-bond donors (Lipinski definition) is 2. The Bertz CT molecular complexity index is 1770. The first-order valence-corrected chi connectivity index (χ1v) is 35.5. The van der Waals surface area contributed by atoms with Crippen LogP contribution in [0.5, 0.6) is 0 Å². The first-order chi connectivity index (χ1) is 40.8. The maximum atomic E-state index is 12.8. The Morgan fingerprint density at radius 3 is 1.00 bits per heavy atom. The Balaban J connectivity index is 3.91. The van der Waals surface area contributed by atoms with E-state index < -0.39 is 26.5 Å². The molecule has 0 aliphatic carbocycles. The number of carbonyl (C=O) groups excluding carboxylic acids is 2. The number of rotatable bonds is 63. The number of carbonyl (C=O) groups is 2. The number of phosphoric ester groups is 1. The predicted molar refractivity (Wildman–Crippen MR) is 358 cm³/mol. The lowest BCUT2D eigenvalue weighted by Gasteiger charge is -2.19. The largest absolute Gasteiger partial charge is 0.472 e. The summed E-state index contributed by atoms with van der Waals surface area (Å²) in [5.74, 6) is -0.828. The standard InChI is InChI=1S/C73H126NO8P/c1-3-5-7-9-11-13-15-17-19-21-23-25-26-27-28-29-30-31-32-33-34-35-36-37-38-39-40-41-42-43-44-46-48-50-52-54-56-58-60-62-64-66-73(76)82-71(70-81-83(77,78)80-68-67-74)69-79-72(75)65-63-61-59-57-55-53-51-49-47-45-24-22-20-18-16-14-12-10-8-6-4-2/h5,7,11,13,17,19,22-25,27-28,30-31,33-34,36-37,39-40,71H,3-4,6,8-10,12,14-16,18,20-21,26,29,32,35,38,41-70,74H2,1-2H3,(H,77,78)/b7-5-,13-11-,19-17-,24-22-,25-23-,28-27-,31-30-,34-33-,37-36-,40-39-. The second kappa shape index (κ2) is 67.5. The third-order valence-electron chi connectivity index (χ3n) is 14.3. The van der Waals surface area contributed by atoms with Gasteiger partial charge in [0, 0.05) is 19.4 Å². The fourth-order valence-electron chi connectivity index (χ4n) is 9.33. The number of hydrogen-bond acceptors (Lipinski definition) is 8. The molecule has 0 saturated carbocycles. The summed E-state index contributed by atoms with van der Waals surface area (Å²) < 4.78 is 33.1. The molecule has 0 aromatic carbocycles. The van der Waals surface area contributed by atoms with Crippen molar-refractivity contribution in [3.8, 4) is 0 Å². The van der Waals surface area contributed by atoms with Crippen molar-refractivity contribution in [3.63, 3.8) is 0 Å². The van der Waals surface area contributed by atoms with Crippen LogP contribution in [0.25, 0.3) is 0 Å². The Hall–Kier alpha value is -3.59. The number of ether oxygens (including phenoxy) is 2. The van der Waals surface area contributed by atoms with Crippen molar-refractivity contribution in [1.82, 2.24) is 0 Å². The molecular formula is C73H126NO8P. The minimum absolute atomic E-state index is 0.0495. The monoisotopic (exact) mass is 1180 g/mol. The zero-order chi connectivity index (χ0) is 60.1. The predicted octanol–water partition coefficient (Wildman–Crippen LogP) is 22.3. The molecule has 0 aliphatic heterocycles. The topological polar surface area (TPSA) is 134 Å². The quantitative estimate of drug-likeness (QED) is 0.0264. The Morgan fingerprint density at radius 1 is 0.373 bits per heavy atom. The molecule has 0 heterocycles. The van der Waals surface area contributed by atoms with Gasteiger partial charge in [-0.1, -0.05) is 296 Å². The van der Waals surface area contributed by atoms with E-state index in [1.165, 1.54) is 167 Å². The van der Waals surface area contributed by atoms with E-state index in [-0.39, 0.29) is 38.6 Å². The third-order valence-corrected chi connectivity index (χ3v) is 15.3. The van der Waals surface area contributed by atoms with Crippen molar-refractivity contribution in [3.05, 3.63) is 122 Å². The van der Waals surface area contributed by atoms with Crippen LogP contribution in [-0.4, -0.2) is 49.3 Å². The summed E-state index contributed by atoms with van der Waals surface area (Å²) in [6.07, 6.45) is 94.2. The summed E-state index contributed by atoms with van der Waals surface area (Å²) in [5, 5.41) is 0. The number of unbranched alkanes of at least 4 members (excludes halogenated alkanes) is 30. The van der Waals surface area contributed by atoms with Gasteiger partial charge in [-0.2, -0.15) is 0 Å². The highest BCUT2D eigenvalue weighted by Crippen LogP contribution is 2.43. The third kappa shape index (κ3) is 67.4. The summed E-state index contributed by atoms with van der Waals surface area (Å²) in [6.45, 7) is 3.65. The van der Waals surface area contributed by atoms with Crippen LogP contribution in [-0.2, 0) is 32.7 Å². The van der Waals surface area contributed by atoms with Gasteiger partial charge in [0.05, 0.1) is 13.2 Å². The molecular weight excluding hydrogens is 1050 g/mol. The van der Waals surface area contributed by atoms with Gasteiger partial charge in [0.25, 0.3) is 0 Å². The Morgan fingerprint density at radius 2 is 0.663 bits per heavy atom. The van der Waals surface area contributed by atoms with E-state index in [9.17, 15) is 19.0 Å². The molecule has 0 aromatic heterocycles. The summed E-state index contributed by atoms with van der Waals surface area (Å²) in [6, 6.07) is 0. The number of nitrogens with two attached hydrogens (primary N) is 1. The molecule has 0 saturated heterocycles. The van der Waals surface area contributed by atoms with Gasteiger partial charge in [-0.25, -0.2) is 4.57 Å². The van der Waals surface area contributed by atoms with Crippen LogP contribution in [0.1, 0.15) is 296 Å². The second-order valence-electron chi connectivity index (χ2n) is 22.3. The molecule has 3 N–H and O–H groups in total. The van der Waals surface area contributed by atoms with Gasteiger partial charge in [0.15, 0.2) is 6.10 Å². The lowest BCUT2D eigenvalue weighted by molar-refractivity contribution is -0.161. The highest BCUT2D eigenvalue weighted by atomic mass is 31.2. The molecule has 9 nitrogen and oxygen atoms in total. The zero-order valence-corrected chi connectivity index (χ0v) is 54.3. The van der Waals surface area contributed by atoms with E-state index >= 15 is 0 Å². The summed E-state index contributed by atoms with van der Waals surface area (Å²) >= 11 is 0. The molecule has 0 aromatic rings. The SMILES string of the molecule is CC/C=C\C/C=C\C/C=C\C/C=C\C/C=C\C/C=C\C/C=C\C/C=C\C/C=C\CCCCCCCCCCCCCCCC(=O)OC(COC(=O)CCCCCCCCCCC/C=C\CCCCCCCCCC)COP(=O)(O)OCCN. The fraction of sp³-hybridized carbons (Fsp3) is 0.699. The van der Waals surface area contributed by atoms with Crippen LogP contribution in [0.15, 0.2) is 122 Å². The van der Waals surface area contributed by atoms with Crippen LogP contribution in [0, 0.1) is 0 Å². The summed E-state index contributed by atoms with van der Waals surface area (Å²) in [4.78, 5) is 35.3. The van der Waals surface area contributed by atoms with E-state index in [2.05, 4.69) is 135 Å². The second-order valence-corrected chi connectivity index (χ2v) is 23.8. The molecule has 2 unspecified atom stereocenters. The molecule has 476 valence electrons. The highest BCUT2D eigenvalue weighted by molar-refractivity contribution is 7.47. The first kappa shape index (κ1) is 79.4. The smallest absolute Gasteiger partial charge is 0.462 e. The molecule has 83 heavy (non-hydrogen) atoms. The lowest BCUT2D eigenvalue weighted by atomic mass is 10.0. The molecule has 0 fully saturated rings. The Kier molecular flexibility index (Phi) is 64.6. The minimum atomic E-state index is -4.40. The van der Waals surface area contributed by atoms with Crippen molar-refractivity contribution < 1.29 is 37.6 Å². The molecule has 0 rings (SSSR count). The highest BCUT2D eigenvalue weighted by Gasteiger charge is 2.26. The van der Waals surface area contributed by atoms with Crippen LogP contribution < -0.4 is 5.73 Å². The van der Waals surface area contributed by atoms with Gasteiger partial charge in [-0.3, -0.25) is 18.6 Å². The maximum Gasteiger partial charge on any atom is 0.472 e. The van der Waals surface area contributed by atoms with E-state index in [4.69, 9.17) is 24.3 Å². The van der Waals surface area contributed by atoms with Crippen molar-refractivity contribution in [2.24, 2.45) is 5.73 Å². The average Bonchev–Trinajstić information content (AvgIpc) is 3.49. The molecule has 0 amide bonds. The van der Waals surface area contributed by atoms with E-state index in [0.717, 1.165) is 96.3 Å². The molecule has 0 aliphatic rings. The van der Waals surface area contributed by atoms with Crippen molar-refractivity contribution >= 4 is 19.8 Å². The summed E-state index contributed by atoms with van der Waals surface area (Å²) in [5.41, 5.74) is 5.40. The van der Waals surface area contributed by atoms with E-state index in [1.807, 2.05) is 0 Å². The average molecular weight is 1180 g/mol. The van der Waals surface area contributed by atoms with E-state index in [0.29, 0.717) is 6.42 Å². The number of phosphoric acid groups is 1. The van der Waals surface area contributed by atoms with Gasteiger partial charge < -0.3 is 20.1 Å². The van der Waals surface area contributed by atoms with Gasteiger partial charge in [-0.15, -0.1) is 0 Å². The van der Waals surface area contributed by atoms with Crippen LogP contribution >= 0.6 is 7.82 Å². The van der Waals surface area contributed by atoms with Crippen LogP contribution in [0.2, 0.25) is 0 Å². The lowest BCUT2D eigenvalue weighted by Crippen LogP contribution is -2.29. The van der Waals surface area contributed by atoms with E-state index in [1.54, 1.807) is 0 Å². The minimum Gasteiger partial charge on any atom is -0.462 e. The Labute approximate surface area is 511 Å². The number of allylic oxidation sites excluding steroid dienone is 20. The summed E-state index contributed by atoms with van der Waals surface area (Å²) in [7, 11) is -4.40. The van der Waals surface area contributed by atoms with Gasteiger partial charge >= 0.3 is 19.8 Å². The normalized spacial score (nSPS) is 13.7. The van der Waals surface area contributed by atoms with Crippen molar-refractivity contribution in [2.45, 2.75) is 302 Å². The van der Waals surface area contributed by atoms with Gasteiger partial charge in [0.2, 0.25) is 0 Å². The maximum absolute atomic E-state index is 12.8. The van der Waals surface area contributed by atoms with Crippen molar-refractivity contribution in [2.75, 3.05) is 26.4 Å². The first-order valence-electron chi connectivity index (χ1n) is 34.0. The molecule has 0 spiro atoms. The number of esters is 2. The molecule has 0 bridgehead atoms. The van der Waals surface area contributed by atoms with Crippen LogP contribution in [0.3, 0.4) is 0 Å². The molecule has 0 radical (unpaired) electrons. The molecule has 2 atom stereocenters.